The molecule has 3 heterocycles. The lowest BCUT2D eigenvalue weighted by Gasteiger charge is -2.20. The summed E-state index contributed by atoms with van der Waals surface area (Å²) in [4.78, 5) is 1.23. The molecule has 0 unspecified atom stereocenters. The van der Waals surface area contributed by atoms with E-state index in [4.69, 9.17) is 9.47 Å². The minimum absolute atomic E-state index is 0.182. The monoisotopic (exact) mass is 439 g/mol. The van der Waals surface area contributed by atoms with Crippen molar-refractivity contribution in [2.45, 2.75) is 23.9 Å². The molecule has 2 aromatic heterocycles. The van der Waals surface area contributed by atoms with Gasteiger partial charge < -0.3 is 9.47 Å². The molecule has 2 aromatic carbocycles. The highest BCUT2D eigenvalue weighted by Crippen LogP contribution is 2.34. The molecule has 0 atom stereocenters. The number of ether oxygens (including phenoxy) is 2. The summed E-state index contributed by atoms with van der Waals surface area (Å²) in [6.45, 7) is 0.539. The van der Waals surface area contributed by atoms with Gasteiger partial charge in [0.25, 0.3) is 0 Å². The van der Waals surface area contributed by atoms with Crippen LogP contribution in [0, 0.1) is 5.82 Å². The van der Waals surface area contributed by atoms with Crippen LogP contribution in [0.3, 0.4) is 0 Å². The summed E-state index contributed by atoms with van der Waals surface area (Å²) in [5.74, 6) is 1.81. The maximum Gasteiger partial charge on any atom is 0.196 e. The number of thioether (sulfide) groups is 1. The van der Waals surface area contributed by atoms with Crippen LogP contribution < -0.4 is 4.74 Å². The Morgan fingerprint density at radius 3 is 2.83 bits per heavy atom. The lowest BCUT2D eigenvalue weighted by atomic mass is 10.1. The third-order valence-electron chi connectivity index (χ3n) is 4.74. The zero-order valence-corrected chi connectivity index (χ0v) is 17.6. The Balaban J connectivity index is 1.46. The van der Waals surface area contributed by atoms with Crippen LogP contribution in [0.15, 0.2) is 65.1 Å². The SMILES string of the molecule is Fc1cc2c(c(CSc3nnc(Cc4cccs4)n3-c3ccccc3)c1)OCOC2. The van der Waals surface area contributed by atoms with Gasteiger partial charge >= 0.3 is 0 Å². The normalized spacial score (nSPS) is 13.1. The first-order chi connectivity index (χ1) is 14.8. The molecule has 5 nitrogen and oxygen atoms in total. The van der Waals surface area contributed by atoms with Gasteiger partial charge in [-0.05, 0) is 35.7 Å². The average molecular weight is 440 g/mol. The van der Waals surface area contributed by atoms with Crippen LogP contribution in [0.25, 0.3) is 5.69 Å². The maximum absolute atomic E-state index is 14.1. The van der Waals surface area contributed by atoms with Gasteiger partial charge in [-0.2, -0.15) is 0 Å². The lowest BCUT2D eigenvalue weighted by molar-refractivity contribution is -0.0171. The molecule has 1 aliphatic heterocycles. The maximum atomic E-state index is 14.1. The Morgan fingerprint density at radius 2 is 2.00 bits per heavy atom. The molecule has 1 aliphatic rings. The van der Waals surface area contributed by atoms with E-state index in [1.165, 1.54) is 28.8 Å². The zero-order chi connectivity index (χ0) is 20.3. The highest BCUT2D eigenvalue weighted by Gasteiger charge is 2.20. The summed E-state index contributed by atoms with van der Waals surface area (Å²) in [6.07, 6.45) is 0.704. The third kappa shape index (κ3) is 3.98. The molecule has 0 bridgehead atoms. The molecular formula is C22H18FN3O2S2. The highest BCUT2D eigenvalue weighted by atomic mass is 32.2. The van der Waals surface area contributed by atoms with E-state index < -0.39 is 0 Å². The van der Waals surface area contributed by atoms with Crippen molar-refractivity contribution < 1.29 is 13.9 Å². The summed E-state index contributed by atoms with van der Waals surface area (Å²) in [5.41, 5.74) is 2.53. The number of rotatable bonds is 6. The number of halogens is 1. The number of aromatic nitrogens is 3. The molecule has 0 amide bonds. The molecule has 4 aromatic rings. The molecule has 0 aliphatic carbocycles. The first-order valence-corrected chi connectivity index (χ1v) is 11.3. The van der Waals surface area contributed by atoms with Crippen LogP contribution in [0.5, 0.6) is 5.75 Å². The predicted molar refractivity (Wildman–Crippen MR) is 115 cm³/mol. The second-order valence-corrected chi connectivity index (χ2v) is 8.75. The summed E-state index contributed by atoms with van der Waals surface area (Å²) >= 11 is 3.22. The smallest absolute Gasteiger partial charge is 0.196 e. The second kappa shape index (κ2) is 8.59. The van der Waals surface area contributed by atoms with E-state index in [-0.39, 0.29) is 12.6 Å². The van der Waals surface area contributed by atoms with Gasteiger partial charge in [0, 0.05) is 33.9 Å². The molecular weight excluding hydrogens is 421 g/mol. The molecule has 0 spiro atoms. The quantitative estimate of drug-likeness (QED) is 0.386. The van der Waals surface area contributed by atoms with Gasteiger partial charge in [-0.3, -0.25) is 4.57 Å². The van der Waals surface area contributed by atoms with Gasteiger partial charge in [-0.15, -0.1) is 21.5 Å². The van der Waals surface area contributed by atoms with E-state index in [9.17, 15) is 4.39 Å². The van der Waals surface area contributed by atoms with Gasteiger partial charge in [0.1, 0.15) is 17.4 Å². The highest BCUT2D eigenvalue weighted by molar-refractivity contribution is 7.98. The fraction of sp³-hybridized carbons (Fsp3) is 0.182. The van der Waals surface area contributed by atoms with Crippen molar-refractivity contribution >= 4 is 23.1 Å². The van der Waals surface area contributed by atoms with Gasteiger partial charge in [0.15, 0.2) is 11.9 Å². The van der Waals surface area contributed by atoms with Gasteiger partial charge in [0.2, 0.25) is 0 Å². The summed E-state index contributed by atoms with van der Waals surface area (Å²) < 4.78 is 27.1. The molecule has 0 N–H and O–H groups in total. The fourth-order valence-corrected chi connectivity index (χ4v) is 5.06. The van der Waals surface area contributed by atoms with Crippen LogP contribution in [0.2, 0.25) is 0 Å². The summed E-state index contributed by atoms with van der Waals surface area (Å²) in [6, 6.07) is 17.2. The van der Waals surface area contributed by atoms with E-state index >= 15 is 0 Å². The molecule has 152 valence electrons. The van der Waals surface area contributed by atoms with Crippen molar-refractivity contribution in [2.24, 2.45) is 0 Å². The fourth-order valence-electron chi connectivity index (χ4n) is 3.42. The minimum Gasteiger partial charge on any atom is -0.467 e. The Hall–Kier alpha value is -2.68. The van der Waals surface area contributed by atoms with E-state index in [1.54, 1.807) is 11.3 Å². The van der Waals surface area contributed by atoms with Crippen LogP contribution in [-0.2, 0) is 23.5 Å². The van der Waals surface area contributed by atoms with Gasteiger partial charge in [-0.25, -0.2) is 4.39 Å². The predicted octanol–water partition coefficient (Wildman–Crippen LogP) is 5.22. The Morgan fingerprint density at radius 1 is 1.10 bits per heavy atom. The largest absolute Gasteiger partial charge is 0.467 e. The second-order valence-electron chi connectivity index (χ2n) is 6.78. The zero-order valence-electron chi connectivity index (χ0n) is 16.0. The minimum atomic E-state index is -0.290. The van der Waals surface area contributed by atoms with Crippen LogP contribution in [0.4, 0.5) is 4.39 Å². The first-order valence-electron chi connectivity index (χ1n) is 9.44. The molecule has 8 heteroatoms. The topological polar surface area (TPSA) is 49.2 Å². The van der Waals surface area contributed by atoms with Crippen LogP contribution in [0.1, 0.15) is 21.8 Å². The van der Waals surface area contributed by atoms with Gasteiger partial charge in [-0.1, -0.05) is 36.0 Å². The van der Waals surface area contributed by atoms with Crippen molar-refractivity contribution in [3.63, 3.8) is 0 Å². The Bertz CT molecular complexity index is 1150. The summed E-state index contributed by atoms with van der Waals surface area (Å²) in [7, 11) is 0. The first kappa shape index (κ1) is 19.3. The molecule has 0 saturated heterocycles. The molecule has 0 fully saturated rings. The number of thiophene rings is 1. The van der Waals surface area contributed by atoms with Crippen molar-refractivity contribution in [3.05, 3.63) is 87.6 Å². The lowest BCUT2D eigenvalue weighted by Crippen LogP contribution is -2.13. The number of hydrogen-bond acceptors (Lipinski definition) is 6. The van der Waals surface area contributed by atoms with E-state index in [2.05, 4.69) is 26.2 Å². The van der Waals surface area contributed by atoms with E-state index in [0.29, 0.717) is 24.5 Å². The van der Waals surface area contributed by atoms with E-state index in [1.807, 2.05) is 36.4 Å². The molecule has 5 rings (SSSR count). The van der Waals surface area contributed by atoms with Crippen LogP contribution >= 0.6 is 23.1 Å². The average Bonchev–Trinajstić information content (AvgIpc) is 3.43. The van der Waals surface area contributed by atoms with Crippen molar-refractivity contribution in [2.75, 3.05) is 6.79 Å². The van der Waals surface area contributed by atoms with Crippen molar-refractivity contribution in [3.8, 4) is 11.4 Å². The molecule has 30 heavy (non-hydrogen) atoms. The number of fused-ring (bicyclic) bond motifs is 1. The number of para-hydroxylation sites is 1. The Labute approximate surface area is 181 Å². The molecule has 0 radical (unpaired) electrons. The standard InChI is InChI=1S/C22H18FN3O2S2/c23-17-9-15-12-27-14-28-21(15)16(10-17)13-30-22-25-24-20(11-19-7-4-8-29-19)26(22)18-5-2-1-3-6-18/h1-10H,11-14H2. The van der Waals surface area contributed by atoms with E-state index in [0.717, 1.165) is 27.8 Å². The van der Waals surface area contributed by atoms with Crippen molar-refractivity contribution in [1.29, 1.82) is 0 Å². The van der Waals surface area contributed by atoms with Gasteiger partial charge in [0.05, 0.1) is 6.61 Å². The number of nitrogens with zero attached hydrogens (tertiary/aromatic N) is 3. The summed E-state index contributed by atoms with van der Waals surface area (Å²) in [5, 5.41) is 11.7. The third-order valence-corrected chi connectivity index (χ3v) is 6.59. The number of benzene rings is 2. The number of hydrogen-bond donors (Lipinski definition) is 0. The molecule has 0 saturated carbocycles. The van der Waals surface area contributed by atoms with Crippen molar-refractivity contribution in [1.82, 2.24) is 14.8 Å². The van der Waals surface area contributed by atoms with Crippen LogP contribution in [-0.4, -0.2) is 21.6 Å². The Kier molecular flexibility index (Phi) is 5.52.